The highest BCUT2D eigenvalue weighted by atomic mass is 35.5. The second-order valence-corrected chi connectivity index (χ2v) is 10.0. The van der Waals surface area contributed by atoms with Gasteiger partial charge in [-0.2, -0.15) is 4.31 Å². The molecule has 0 aliphatic heterocycles. The summed E-state index contributed by atoms with van der Waals surface area (Å²) in [4.78, 5) is 12.6. The third-order valence-corrected chi connectivity index (χ3v) is 7.40. The number of carbonyl (C=O) groups is 1. The third-order valence-electron chi connectivity index (χ3n) is 4.26. The molecule has 0 fully saturated rings. The first-order chi connectivity index (χ1) is 14.7. The van der Waals surface area contributed by atoms with E-state index >= 15 is 0 Å². The third kappa shape index (κ3) is 5.92. The van der Waals surface area contributed by atoms with Gasteiger partial charge in [0.15, 0.2) is 0 Å². The van der Waals surface area contributed by atoms with Crippen LogP contribution in [0.5, 0.6) is 0 Å². The Kier molecular flexibility index (Phi) is 7.86. The highest BCUT2D eigenvalue weighted by Gasteiger charge is 2.29. The summed E-state index contributed by atoms with van der Waals surface area (Å²) in [6.07, 6.45) is 0. The number of para-hydroxylation sites is 1. The second kappa shape index (κ2) is 10.2. The summed E-state index contributed by atoms with van der Waals surface area (Å²) >= 11 is 24.3. The van der Waals surface area contributed by atoms with Crippen LogP contribution in [0.15, 0.2) is 71.6 Å². The Hall–Kier alpha value is -1.80. The molecule has 3 aromatic rings. The number of hydrogen-bond donors (Lipinski definition) is 1. The quantitative estimate of drug-likeness (QED) is 0.410. The van der Waals surface area contributed by atoms with E-state index in [0.29, 0.717) is 5.56 Å². The topological polar surface area (TPSA) is 66.5 Å². The van der Waals surface area contributed by atoms with Crippen LogP contribution in [-0.2, 0) is 21.4 Å². The number of sulfonamides is 1. The smallest absolute Gasteiger partial charge is 0.245 e. The molecule has 0 saturated carbocycles. The van der Waals surface area contributed by atoms with E-state index in [1.807, 2.05) is 6.07 Å². The van der Waals surface area contributed by atoms with Gasteiger partial charge < -0.3 is 5.32 Å². The van der Waals surface area contributed by atoms with Crippen LogP contribution < -0.4 is 5.32 Å². The highest BCUT2D eigenvalue weighted by Crippen LogP contribution is 2.31. The molecule has 1 N–H and O–H groups in total. The molecule has 10 heteroatoms. The normalized spacial score (nSPS) is 11.5. The maximum absolute atomic E-state index is 13.4. The molecule has 0 radical (unpaired) electrons. The number of amides is 1. The van der Waals surface area contributed by atoms with Crippen molar-refractivity contribution in [1.29, 1.82) is 0 Å². The van der Waals surface area contributed by atoms with E-state index in [1.165, 1.54) is 18.2 Å². The average Bonchev–Trinajstić information content (AvgIpc) is 2.73. The van der Waals surface area contributed by atoms with Crippen molar-refractivity contribution in [1.82, 2.24) is 4.31 Å². The molecule has 0 heterocycles. The van der Waals surface area contributed by atoms with Crippen molar-refractivity contribution in [3.8, 4) is 0 Å². The van der Waals surface area contributed by atoms with Gasteiger partial charge >= 0.3 is 0 Å². The van der Waals surface area contributed by atoms with E-state index in [0.717, 1.165) is 4.31 Å². The first-order valence-electron chi connectivity index (χ1n) is 8.91. The van der Waals surface area contributed by atoms with E-state index in [9.17, 15) is 13.2 Å². The Labute approximate surface area is 200 Å². The standard InChI is InChI=1S/C21H16Cl4N2O3S/c22-15-9-10-16(23)19(11-15)31(29,30)27(12-14-5-2-1-3-6-14)13-20(28)26-21-17(24)7-4-8-18(21)25/h1-11H,12-13H2,(H,26,28). The lowest BCUT2D eigenvalue weighted by Crippen LogP contribution is -2.37. The molecule has 3 aromatic carbocycles. The molecule has 5 nitrogen and oxygen atoms in total. The predicted octanol–water partition coefficient (Wildman–Crippen LogP) is 6.13. The van der Waals surface area contributed by atoms with E-state index in [1.54, 1.807) is 42.5 Å². The molecule has 0 aromatic heterocycles. The lowest BCUT2D eigenvalue weighted by atomic mass is 10.2. The fourth-order valence-electron chi connectivity index (χ4n) is 2.78. The molecule has 0 aliphatic rings. The zero-order valence-corrected chi connectivity index (χ0v) is 19.7. The molecular formula is C21H16Cl4N2O3S. The number of carbonyl (C=O) groups excluding carboxylic acids is 1. The van der Waals surface area contributed by atoms with E-state index in [4.69, 9.17) is 46.4 Å². The molecule has 0 atom stereocenters. The summed E-state index contributed by atoms with van der Waals surface area (Å²) in [6.45, 7) is -0.558. The maximum Gasteiger partial charge on any atom is 0.245 e. The molecule has 0 saturated heterocycles. The minimum absolute atomic E-state index is 0.00276. The largest absolute Gasteiger partial charge is 0.322 e. The van der Waals surface area contributed by atoms with E-state index < -0.39 is 22.5 Å². The van der Waals surface area contributed by atoms with Crippen LogP contribution in [0.4, 0.5) is 5.69 Å². The fourth-order valence-corrected chi connectivity index (χ4v) is 5.40. The molecule has 1 amide bonds. The average molecular weight is 518 g/mol. The van der Waals surface area contributed by atoms with Gasteiger partial charge in [0, 0.05) is 11.6 Å². The number of benzene rings is 3. The highest BCUT2D eigenvalue weighted by molar-refractivity contribution is 7.89. The van der Waals surface area contributed by atoms with Gasteiger partial charge in [-0.05, 0) is 35.9 Å². The summed E-state index contributed by atoms with van der Waals surface area (Å²) in [7, 11) is -4.17. The van der Waals surface area contributed by atoms with Gasteiger partial charge in [0.2, 0.25) is 15.9 Å². The van der Waals surface area contributed by atoms with Crippen LogP contribution in [0, 0.1) is 0 Å². The molecule has 0 bridgehead atoms. The van der Waals surface area contributed by atoms with Gasteiger partial charge in [0.05, 0.1) is 27.3 Å². The van der Waals surface area contributed by atoms with Crippen molar-refractivity contribution < 1.29 is 13.2 Å². The predicted molar refractivity (Wildman–Crippen MR) is 126 cm³/mol. The monoisotopic (exact) mass is 516 g/mol. The zero-order valence-electron chi connectivity index (χ0n) is 15.9. The Morgan fingerprint density at radius 2 is 1.48 bits per heavy atom. The minimum atomic E-state index is -4.17. The van der Waals surface area contributed by atoms with Gasteiger partial charge in [0.1, 0.15) is 4.90 Å². The number of nitrogens with one attached hydrogen (secondary N) is 1. The number of hydrogen-bond acceptors (Lipinski definition) is 3. The molecule has 31 heavy (non-hydrogen) atoms. The zero-order chi connectivity index (χ0) is 22.6. The van der Waals surface area contributed by atoms with Gasteiger partial charge in [-0.3, -0.25) is 4.79 Å². The van der Waals surface area contributed by atoms with Crippen molar-refractivity contribution in [3.05, 3.63) is 92.4 Å². The number of anilines is 1. The van der Waals surface area contributed by atoms with Crippen molar-refractivity contribution in [3.63, 3.8) is 0 Å². The van der Waals surface area contributed by atoms with Gasteiger partial charge in [-0.15, -0.1) is 0 Å². The summed E-state index contributed by atoms with van der Waals surface area (Å²) in [5, 5.41) is 3.24. The number of rotatable bonds is 7. The lowest BCUT2D eigenvalue weighted by Gasteiger charge is -2.23. The minimum Gasteiger partial charge on any atom is -0.322 e. The summed E-state index contributed by atoms with van der Waals surface area (Å²) < 4.78 is 27.8. The van der Waals surface area contributed by atoms with Crippen LogP contribution in [0.2, 0.25) is 20.1 Å². The Balaban J connectivity index is 1.94. The van der Waals surface area contributed by atoms with Gasteiger partial charge in [-0.25, -0.2) is 8.42 Å². The molecule has 0 aliphatic carbocycles. The van der Waals surface area contributed by atoms with Crippen molar-refractivity contribution >= 4 is 68.0 Å². The first kappa shape index (κ1) is 23.9. The summed E-state index contributed by atoms with van der Waals surface area (Å²) in [6, 6.07) is 17.7. The van der Waals surface area contributed by atoms with Crippen molar-refractivity contribution in [2.24, 2.45) is 0 Å². The SMILES string of the molecule is O=C(CN(Cc1ccccc1)S(=O)(=O)c1cc(Cl)ccc1Cl)Nc1c(Cl)cccc1Cl. The molecule has 0 unspecified atom stereocenters. The van der Waals surface area contributed by atoms with E-state index in [-0.39, 0.29) is 37.2 Å². The lowest BCUT2D eigenvalue weighted by molar-refractivity contribution is -0.116. The van der Waals surface area contributed by atoms with E-state index in [2.05, 4.69) is 5.32 Å². The second-order valence-electron chi connectivity index (χ2n) is 6.48. The summed E-state index contributed by atoms with van der Waals surface area (Å²) in [5.74, 6) is -0.618. The molecule has 0 spiro atoms. The van der Waals surface area contributed by atoms with Gasteiger partial charge in [-0.1, -0.05) is 82.8 Å². The Bertz CT molecular complexity index is 1180. The summed E-state index contributed by atoms with van der Waals surface area (Å²) in [5.41, 5.74) is 0.890. The van der Waals surface area contributed by atoms with Crippen LogP contribution in [0.3, 0.4) is 0 Å². The van der Waals surface area contributed by atoms with Crippen LogP contribution >= 0.6 is 46.4 Å². The molecular weight excluding hydrogens is 502 g/mol. The van der Waals surface area contributed by atoms with Crippen molar-refractivity contribution in [2.45, 2.75) is 11.4 Å². The molecule has 3 rings (SSSR count). The van der Waals surface area contributed by atoms with Gasteiger partial charge in [0.25, 0.3) is 0 Å². The van der Waals surface area contributed by atoms with Crippen LogP contribution in [0.1, 0.15) is 5.56 Å². The fraction of sp³-hybridized carbons (Fsp3) is 0.0952. The Morgan fingerprint density at radius 1 is 0.839 bits per heavy atom. The number of nitrogens with zero attached hydrogens (tertiary/aromatic N) is 1. The first-order valence-corrected chi connectivity index (χ1v) is 11.9. The Morgan fingerprint density at radius 3 is 2.13 bits per heavy atom. The van der Waals surface area contributed by atoms with Crippen LogP contribution in [0.25, 0.3) is 0 Å². The molecule has 162 valence electrons. The van der Waals surface area contributed by atoms with Crippen molar-refractivity contribution in [2.75, 3.05) is 11.9 Å². The number of halogens is 4. The van der Waals surface area contributed by atoms with Crippen LogP contribution in [-0.4, -0.2) is 25.2 Å². The maximum atomic E-state index is 13.4.